The summed E-state index contributed by atoms with van der Waals surface area (Å²) in [6.45, 7) is 12.5. The lowest BCUT2D eigenvalue weighted by Crippen LogP contribution is -2.31. The normalized spacial score (nSPS) is 19.0. The number of rotatable bonds is 8. The number of aromatic nitrogens is 5. The Kier molecular flexibility index (Phi) is 6.74. The summed E-state index contributed by atoms with van der Waals surface area (Å²) >= 11 is 0. The van der Waals surface area contributed by atoms with E-state index in [1.165, 1.54) is 17.4 Å². The Bertz CT molecular complexity index is 1550. The first-order valence-corrected chi connectivity index (χ1v) is 15.1. The Morgan fingerprint density at radius 3 is 2.73 bits per heavy atom. The first kappa shape index (κ1) is 25.7. The number of likely N-dealkylation sites (tertiary alicyclic amines) is 1. The SMILES string of the molecule is Cc1c(-c2[nH]c3ccc(N[C@H]4C[C@@H](C)N(CCCS(C)(=O)=O)C4)nc3c2C(C)C)cn2ncnc2c1C. The number of pyridine rings is 2. The number of hydrogen-bond acceptors (Lipinski definition) is 7. The van der Waals surface area contributed by atoms with Gasteiger partial charge in [-0.05, 0) is 69.3 Å². The van der Waals surface area contributed by atoms with Gasteiger partial charge in [-0.1, -0.05) is 13.8 Å². The number of H-pyrrole nitrogens is 1. The minimum Gasteiger partial charge on any atom is -0.366 e. The topological polar surface area (TPSA) is 108 Å². The van der Waals surface area contributed by atoms with Gasteiger partial charge in [0.05, 0.1) is 22.5 Å². The number of nitrogens with zero attached hydrogens (tertiary/aromatic N) is 5. The van der Waals surface area contributed by atoms with E-state index in [4.69, 9.17) is 4.98 Å². The lowest BCUT2D eigenvalue weighted by molar-refractivity contribution is 0.269. The molecule has 0 saturated carbocycles. The second-order valence-electron chi connectivity index (χ2n) is 10.9. The average molecular weight is 524 g/mol. The highest BCUT2D eigenvalue weighted by Gasteiger charge is 2.29. The summed E-state index contributed by atoms with van der Waals surface area (Å²) in [6.07, 6.45) is 6.63. The number of fused-ring (bicyclic) bond motifs is 2. The molecule has 9 nitrogen and oxygen atoms in total. The van der Waals surface area contributed by atoms with Crippen molar-refractivity contribution in [2.75, 3.05) is 30.4 Å². The van der Waals surface area contributed by atoms with Gasteiger partial charge in [-0.15, -0.1) is 0 Å². The maximum Gasteiger partial charge on any atom is 0.158 e. The number of anilines is 1. The highest BCUT2D eigenvalue weighted by Crippen LogP contribution is 2.37. The Hall–Kier alpha value is -2.98. The fourth-order valence-electron chi connectivity index (χ4n) is 5.65. The second kappa shape index (κ2) is 9.72. The minimum atomic E-state index is -2.92. The molecule has 4 aromatic heterocycles. The molecule has 198 valence electrons. The van der Waals surface area contributed by atoms with Crippen molar-refractivity contribution in [3.8, 4) is 11.3 Å². The largest absolute Gasteiger partial charge is 0.366 e. The molecule has 10 heteroatoms. The Balaban J connectivity index is 1.42. The van der Waals surface area contributed by atoms with Crippen LogP contribution in [0.4, 0.5) is 5.82 Å². The van der Waals surface area contributed by atoms with Crippen LogP contribution in [0, 0.1) is 13.8 Å². The van der Waals surface area contributed by atoms with E-state index in [-0.39, 0.29) is 17.7 Å². The van der Waals surface area contributed by atoms with Gasteiger partial charge in [0.15, 0.2) is 5.65 Å². The van der Waals surface area contributed by atoms with Crippen molar-refractivity contribution < 1.29 is 8.42 Å². The first-order valence-electron chi connectivity index (χ1n) is 13.0. The van der Waals surface area contributed by atoms with Crippen LogP contribution in [-0.4, -0.2) is 75.1 Å². The molecule has 1 fully saturated rings. The van der Waals surface area contributed by atoms with Crippen molar-refractivity contribution in [2.24, 2.45) is 0 Å². The van der Waals surface area contributed by atoms with Crippen LogP contribution in [-0.2, 0) is 9.84 Å². The molecule has 1 aliphatic heterocycles. The molecule has 0 spiro atoms. The summed E-state index contributed by atoms with van der Waals surface area (Å²) in [6, 6.07) is 4.84. The van der Waals surface area contributed by atoms with Gasteiger partial charge in [-0.25, -0.2) is 22.9 Å². The summed E-state index contributed by atoms with van der Waals surface area (Å²) in [5.41, 5.74) is 8.58. The van der Waals surface area contributed by atoms with Crippen LogP contribution in [0.25, 0.3) is 27.9 Å². The molecule has 0 radical (unpaired) electrons. The molecule has 4 aromatic rings. The fourth-order valence-corrected chi connectivity index (χ4v) is 6.30. The number of sulfone groups is 1. The summed E-state index contributed by atoms with van der Waals surface area (Å²) in [5, 5.41) is 8.03. The molecular weight excluding hydrogens is 486 g/mol. The number of nitrogens with one attached hydrogen (secondary N) is 2. The highest BCUT2D eigenvalue weighted by molar-refractivity contribution is 7.90. The van der Waals surface area contributed by atoms with Crippen molar-refractivity contribution >= 4 is 32.3 Å². The standard InChI is InChI=1S/C27H37N7O2S/c1-16(2)24-25(21-14-34-27(28-15-29-34)19(5)18(21)4)31-22-8-9-23(32-26(22)24)30-20-12-17(3)33(13-20)10-7-11-37(6,35)36/h8-9,14-17,20,31H,7,10-13H2,1-6H3,(H,30,32)/t17-,20+/m1/s1. The van der Waals surface area contributed by atoms with Gasteiger partial charge in [-0.3, -0.25) is 4.90 Å². The summed E-state index contributed by atoms with van der Waals surface area (Å²) < 4.78 is 24.8. The van der Waals surface area contributed by atoms with E-state index in [9.17, 15) is 8.42 Å². The number of aromatic amines is 1. The summed E-state index contributed by atoms with van der Waals surface area (Å²) in [7, 11) is -2.92. The van der Waals surface area contributed by atoms with Gasteiger partial charge in [0.25, 0.3) is 0 Å². The predicted molar refractivity (Wildman–Crippen MR) is 149 cm³/mol. The van der Waals surface area contributed by atoms with E-state index < -0.39 is 9.84 Å². The third kappa shape index (κ3) is 5.09. The lowest BCUT2D eigenvalue weighted by atomic mass is 9.95. The van der Waals surface area contributed by atoms with E-state index in [1.807, 2.05) is 10.6 Å². The van der Waals surface area contributed by atoms with Crippen LogP contribution in [0.2, 0.25) is 0 Å². The van der Waals surface area contributed by atoms with Gasteiger partial charge >= 0.3 is 0 Å². The van der Waals surface area contributed by atoms with Crippen molar-refractivity contribution in [2.45, 2.75) is 65.5 Å². The van der Waals surface area contributed by atoms with Crippen LogP contribution in [0.1, 0.15) is 56.2 Å². The smallest absolute Gasteiger partial charge is 0.158 e. The van der Waals surface area contributed by atoms with Crippen LogP contribution >= 0.6 is 0 Å². The van der Waals surface area contributed by atoms with Gasteiger partial charge in [0, 0.05) is 42.2 Å². The predicted octanol–water partition coefficient (Wildman–Crippen LogP) is 4.32. The second-order valence-corrected chi connectivity index (χ2v) is 13.1. The highest BCUT2D eigenvalue weighted by atomic mass is 32.2. The van der Waals surface area contributed by atoms with Crippen molar-refractivity contribution in [1.29, 1.82) is 0 Å². The maximum absolute atomic E-state index is 11.5. The maximum atomic E-state index is 11.5. The molecular formula is C27H37N7O2S. The van der Waals surface area contributed by atoms with E-state index in [0.717, 1.165) is 58.8 Å². The van der Waals surface area contributed by atoms with Crippen LogP contribution in [0.3, 0.4) is 0 Å². The molecule has 0 unspecified atom stereocenters. The summed E-state index contributed by atoms with van der Waals surface area (Å²) in [5.74, 6) is 1.38. The molecule has 2 atom stereocenters. The Labute approximate surface area is 218 Å². The molecule has 0 aromatic carbocycles. The fraction of sp³-hybridized carbons (Fsp3) is 0.519. The van der Waals surface area contributed by atoms with Gasteiger partial charge in [-0.2, -0.15) is 5.10 Å². The molecule has 0 aliphatic carbocycles. The van der Waals surface area contributed by atoms with Crippen LogP contribution < -0.4 is 5.32 Å². The molecule has 37 heavy (non-hydrogen) atoms. The van der Waals surface area contributed by atoms with Gasteiger partial charge in [0.1, 0.15) is 22.0 Å². The summed E-state index contributed by atoms with van der Waals surface area (Å²) in [4.78, 5) is 15.5. The zero-order valence-corrected chi connectivity index (χ0v) is 23.4. The van der Waals surface area contributed by atoms with Gasteiger partial charge < -0.3 is 10.3 Å². The van der Waals surface area contributed by atoms with E-state index in [0.29, 0.717) is 12.5 Å². The quantitative estimate of drug-likeness (QED) is 0.354. The number of aryl methyl sites for hydroxylation is 1. The van der Waals surface area contributed by atoms with Crippen LogP contribution in [0.15, 0.2) is 24.7 Å². The average Bonchev–Trinajstić information content (AvgIpc) is 3.52. The molecule has 5 rings (SSSR count). The van der Waals surface area contributed by atoms with E-state index >= 15 is 0 Å². The Morgan fingerprint density at radius 2 is 2.00 bits per heavy atom. The first-order chi connectivity index (χ1) is 17.5. The van der Waals surface area contributed by atoms with Crippen LogP contribution in [0.5, 0.6) is 0 Å². The third-order valence-corrected chi connectivity index (χ3v) is 8.70. The molecule has 0 amide bonds. The minimum absolute atomic E-state index is 0.239. The molecule has 0 bridgehead atoms. The Morgan fingerprint density at radius 1 is 1.22 bits per heavy atom. The molecule has 5 heterocycles. The van der Waals surface area contributed by atoms with Crippen molar-refractivity contribution in [3.05, 3.63) is 41.3 Å². The molecule has 2 N–H and O–H groups in total. The number of hydrogen-bond donors (Lipinski definition) is 2. The zero-order valence-electron chi connectivity index (χ0n) is 22.5. The van der Waals surface area contributed by atoms with Gasteiger partial charge in [0.2, 0.25) is 0 Å². The van der Waals surface area contributed by atoms with E-state index in [2.05, 4.69) is 72.2 Å². The van der Waals surface area contributed by atoms with E-state index in [1.54, 1.807) is 6.33 Å². The molecule has 1 saturated heterocycles. The lowest BCUT2D eigenvalue weighted by Gasteiger charge is -2.20. The van der Waals surface area contributed by atoms with Crippen molar-refractivity contribution in [1.82, 2.24) is 29.5 Å². The zero-order chi connectivity index (χ0) is 26.5. The van der Waals surface area contributed by atoms with Crippen molar-refractivity contribution in [3.63, 3.8) is 0 Å². The molecule has 1 aliphatic rings. The monoisotopic (exact) mass is 523 g/mol. The third-order valence-electron chi connectivity index (χ3n) is 7.67.